The molecule has 0 unspecified atom stereocenters. The van der Waals surface area contributed by atoms with Gasteiger partial charge in [-0.25, -0.2) is 9.48 Å². The third-order valence-corrected chi connectivity index (χ3v) is 7.89. The zero-order valence-corrected chi connectivity index (χ0v) is 20.8. The largest absolute Gasteiger partial charge is 0.325 e. The van der Waals surface area contributed by atoms with Gasteiger partial charge in [0.1, 0.15) is 11.4 Å². The molecular formula is C29H31N5O3. The number of imide groups is 1. The lowest BCUT2D eigenvalue weighted by molar-refractivity contribution is -0.131. The van der Waals surface area contributed by atoms with Crippen molar-refractivity contribution in [3.8, 4) is 16.9 Å². The molecule has 6 rings (SSSR count). The predicted octanol–water partition coefficient (Wildman–Crippen LogP) is 4.61. The molecule has 0 bridgehead atoms. The van der Waals surface area contributed by atoms with Gasteiger partial charge in [0.25, 0.3) is 5.91 Å². The van der Waals surface area contributed by atoms with Crippen molar-refractivity contribution in [2.45, 2.75) is 63.3 Å². The van der Waals surface area contributed by atoms with E-state index < -0.39 is 11.6 Å². The maximum Gasteiger partial charge on any atom is 0.325 e. The van der Waals surface area contributed by atoms with E-state index in [1.165, 1.54) is 28.9 Å². The van der Waals surface area contributed by atoms with Crippen molar-refractivity contribution in [1.29, 1.82) is 0 Å². The van der Waals surface area contributed by atoms with E-state index >= 15 is 0 Å². The number of rotatable bonds is 6. The molecule has 1 saturated heterocycles. The molecule has 190 valence electrons. The van der Waals surface area contributed by atoms with Gasteiger partial charge in [-0.2, -0.15) is 5.10 Å². The molecule has 37 heavy (non-hydrogen) atoms. The first kappa shape index (κ1) is 23.5. The van der Waals surface area contributed by atoms with Gasteiger partial charge in [-0.3, -0.25) is 14.5 Å². The molecule has 2 heterocycles. The Kier molecular flexibility index (Phi) is 6.02. The van der Waals surface area contributed by atoms with E-state index in [0.717, 1.165) is 42.6 Å². The van der Waals surface area contributed by atoms with Crippen molar-refractivity contribution in [2.24, 2.45) is 0 Å². The van der Waals surface area contributed by atoms with Gasteiger partial charge in [0.15, 0.2) is 0 Å². The van der Waals surface area contributed by atoms with Gasteiger partial charge in [-0.15, -0.1) is 0 Å². The average Bonchev–Trinajstić information content (AvgIpc) is 3.62. The summed E-state index contributed by atoms with van der Waals surface area (Å²) in [6.07, 6.45) is 7.84. The molecule has 4 amide bonds. The van der Waals surface area contributed by atoms with Crippen molar-refractivity contribution in [3.05, 3.63) is 65.7 Å². The number of hydrogen-bond donors (Lipinski definition) is 2. The lowest BCUT2D eigenvalue weighted by Gasteiger charge is -2.19. The molecule has 1 spiro atoms. The fraction of sp³-hybridized carbons (Fsp3) is 0.379. The minimum atomic E-state index is -0.761. The van der Waals surface area contributed by atoms with E-state index in [1.54, 1.807) is 4.68 Å². The molecule has 1 saturated carbocycles. The number of aromatic nitrogens is 2. The Labute approximate surface area is 216 Å². The van der Waals surface area contributed by atoms with Crippen LogP contribution in [-0.4, -0.2) is 44.6 Å². The minimum absolute atomic E-state index is 0.0173. The first-order chi connectivity index (χ1) is 18.0. The maximum atomic E-state index is 13.0. The number of para-hydroxylation sites is 1. The van der Waals surface area contributed by atoms with E-state index in [1.807, 2.05) is 36.4 Å². The van der Waals surface area contributed by atoms with Crippen LogP contribution in [0.3, 0.4) is 0 Å². The summed E-state index contributed by atoms with van der Waals surface area (Å²) in [7, 11) is 0. The highest BCUT2D eigenvalue weighted by Crippen LogP contribution is 2.35. The second-order valence-corrected chi connectivity index (χ2v) is 10.3. The van der Waals surface area contributed by atoms with Gasteiger partial charge >= 0.3 is 6.03 Å². The number of fused-ring (bicyclic) bond motifs is 1. The second kappa shape index (κ2) is 9.50. The number of carbonyl (C=O) groups excluding carboxylic acids is 3. The monoisotopic (exact) mass is 497 g/mol. The van der Waals surface area contributed by atoms with Crippen molar-refractivity contribution >= 4 is 23.7 Å². The van der Waals surface area contributed by atoms with Crippen LogP contribution in [0.4, 0.5) is 10.6 Å². The number of urea groups is 1. The third-order valence-electron chi connectivity index (χ3n) is 7.89. The standard InChI is InChI=1S/C29H31N5O3/c35-26(14-17-33-27(36)29(31-28(33)37)15-6-7-16-29)30-25-19-24(32-34(25)23-10-2-1-3-11-23)22-13-12-20-8-4-5-9-21(20)18-22/h1-3,10-13,18-19H,4-9,14-17H2,(H,30,35)(H,31,37). The highest BCUT2D eigenvalue weighted by Gasteiger charge is 2.52. The molecule has 3 aromatic rings. The van der Waals surface area contributed by atoms with E-state index in [9.17, 15) is 14.4 Å². The van der Waals surface area contributed by atoms with Crippen molar-refractivity contribution in [3.63, 3.8) is 0 Å². The van der Waals surface area contributed by atoms with Gasteiger partial charge in [-0.05, 0) is 67.9 Å². The zero-order valence-electron chi connectivity index (χ0n) is 20.8. The van der Waals surface area contributed by atoms with E-state index in [-0.39, 0.29) is 24.8 Å². The van der Waals surface area contributed by atoms with Crippen LogP contribution in [0.15, 0.2) is 54.6 Å². The molecule has 1 aliphatic heterocycles. The van der Waals surface area contributed by atoms with E-state index in [4.69, 9.17) is 5.10 Å². The fourth-order valence-corrected chi connectivity index (χ4v) is 5.89. The van der Waals surface area contributed by atoms with Crippen LogP contribution in [0.2, 0.25) is 0 Å². The van der Waals surface area contributed by atoms with Crippen LogP contribution in [0.5, 0.6) is 0 Å². The Morgan fingerprint density at radius 2 is 1.70 bits per heavy atom. The van der Waals surface area contributed by atoms with Gasteiger partial charge in [0.05, 0.1) is 11.4 Å². The highest BCUT2D eigenvalue weighted by molar-refractivity contribution is 6.07. The molecule has 0 radical (unpaired) electrons. The Bertz CT molecular complexity index is 1360. The summed E-state index contributed by atoms with van der Waals surface area (Å²) < 4.78 is 1.73. The zero-order chi connectivity index (χ0) is 25.4. The van der Waals surface area contributed by atoms with E-state index in [0.29, 0.717) is 18.7 Å². The van der Waals surface area contributed by atoms with Crippen LogP contribution < -0.4 is 10.6 Å². The van der Waals surface area contributed by atoms with Gasteiger partial charge in [0, 0.05) is 24.6 Å². The van der Waals surface area contributed by atoms with Crippen molar-refractivity contribution in [2.75, 3.05) is 11.9 Å². The number of nitrogens with one attached hydrogen (secondary N) is 2. The summed E-state index contributed by atoms with van der Waals surface area (Å²) in [6, 6.07) is 17.7. The molecule has 3 aliphatic rings. The van der Waals surface area contributed by atoms with Gasteiger partial charge in [0.2, 0.25) is 5.91 Å². The van der Waals surface area contributed by atoms with Crippen LogP contribution in [0, 0.1) is 0 Å². The van der Waals surface area contributed by atoms with Crippen LogP contribution in [0.25, 0.3) is 16.9 Å². The molecule has 2 aliphatic carbocycles. The number of hydrogen-bond acceptors (Lipinski definition) is 4. The summed E-state index contributed by atoms with van der Waals surface area (Å²) in [5, 5.41) is 10.7. The SMILES string of the molecule is O=C(CCN1C(=O)NC2(CCCC2)C1=O)Nc1cc(-c2ccc3c(c2)CCCC3)nn1-c1ccccc1. The number of carbonyl (C=O) groups is 3. The Hall–Kier alpha value is -3.94. The number of amides is 4. The van der Waals surface area contributed by atoms with Crippen molar-refractivity contribution in [1.82, 2.24) is 20.0 Å². The van der Waals surface area contributed by atoms with Crippen LogP contribution in [-0.2, 0) is 22.4 Å². The lowest BCUT2D eigenvalue weighted by Crippen LogP contribution is -2.44. The fourth-order valence-electron chi connectivity index (χ4n) is 5.89. The minimum Gasteiger partial charge on any atom is -0.323 e. The van der Waals surface area contributed by atoms with Crippen LogP contribution >= 0.6 is 0 Å². The molecule has 2 aromatic carbocycles. The number of nitrogens with zero attached hydrogens (tertiary/aromatic N) is 3. The Balaban J connectivity index is 1.21. The molecule has 8 heteroatoms. The second-order valence-electron chi connectivity index (χ2n) is 10.3. The summed E-state index contributed by atoms with van der Waals surface area (Å²) in [6.45, 7) is 0.0510. The molecular weight excluding hydrogens is 466 g/mol. The normalized spacial score (nSPS) is 18.2. The highest BCUT2D eigenvalue weighted by atomic mass is 16.2. The van der Waals surface area contributed by atoms with E-state index in [2.05, 4.69) is 28.8 Å². The summed E-state index contributed by atoms with van der Waals surface area (Å²) in [4.78, 5) is 39.6. The summed E-state index contributed by atoms with van der Waals surface area (Å²) in [5.41, 5.74) is 4.66. The van der Waals surface area contributed by atoms with Gasteiger partial charge in [-0.1, -0.05) is 43.2 Å². The topological polar surface area (TPSA) is 96.3 Å². The third kappa shape index (κ3) is 4.41. The Morgan fingerprint density at radius 1 is 0.946 bits per heavy atom. The average molecular weight is 498 g/mol. The first-order valence-corrected chi connectivity index (χ1v) is 13.2. The predicted molar refractivity (Wildman–Crippen MR) is 140 cm³/mol. The maximum absolute atomic E-state index is 13.0. The number of aryl methyl sites for hydroxylation is 2. The number of anilines is 1. The Morgan fingerprint density at radius 3 is 2.49 bits per heavy atom. The lowest BCUT2D eigenvalue weighted by atomic mass is 9.90. The molecule has 1 aromatic heterocycles. The van der Waals surface area contributed by atoms with Crippen molar-refractivity contribution < 1.29 is 14.4 Å². The molecule has 8 nitrogen and oxygen atoms in total. The number of benzene rings is 2. The van der Waals surface area contributed by atoms with Gasteiger partial charge < -0.3 is 10.6 Å². The quantitative estimate of drug-likeness (QED) is 0.486. The smallest absolute Gasteiger partial charge is 0.323 e. The summed E-state index contributed by atoms with van der Waals surface area (Å²) >= 11 is 0. The molecule has 0 atom stereocenters. The molecule has 2 fully saturated rings. The first-order valence-electron chi connectivity index (χ1n) is 13.2. The summed E-state index contributed by atoms with van der Waals surface area (Å²) in [5.74, 6) is 0.0715. The van der Waals surface area contributed by atoms with Crippen LogP contribution in [0.1, 0.15) is 56.1 Å². The molecule has 2 N–H and O–H groups in total.